The van der Waals surface area contributed by atoms with Crippen molar-refractivity contribution in [1.29, 1.82) is 0 Å². The molecule has 2 atom stereocenters. The van der Waals surface area contributed by atoms with Crippen LogP contribution in [0.4, 0.5) is 0 Å². The molecule has 0 radical (unpaired) electrons. The molecule has 112 valence electrons. The first-order valence-electron chi connectivity index (χ1n) is 6.99. The Kier molecular flexibility index (Phi) is 3.24. The fourth-order valence-electron chi connectivity index (χ4n) is 2.63. The molecule has 2 unspecified atom stereocenters. The number of nitrogens with zero attached hydrogens (tertiary/aromatic N) is 3. The molecule has 0 saturated carbocycles. The molecular formula is C14H18N4O2S. The Bertz CT molecular complexity index is 678. The fourth-order valence-corrected chi connectivity index (χ4v) is 3.35. The summed E-state index contributed by atoms with van der Waals surface area (Å²) in [6.07, 6.45) is 4.41. The SMILES string of the molecule is CCC1(C)C(=O)NC(C)C(=O)N1Cc1cn2ccsc2n1. The smallest absolute Gasteiger partial charge is 0.246 e. The molecule has 2 aromatic heterocycles. The number of nitrogens with one attached hydrogen (secondary N) is 1. The molecule has 0 bridgehead atoms. The predicted molar refractivity (Wildman–Crippen MR) is 79.9 cm³/mol. The van der Waals surface area contributed by atoms with E-state index in [1.54, 1.807) is 23.2 Å². The zero-order chi connectivity index (χ0) is 15.2. The van der Waals surface area contributed by atoms with E-state index in [0.717, 1.165) is 10.7 Å². The third kappa shape index (κ3) is 2.12. The van der Waals surface area contributed by atoms with Crippen molar-refractivity contribution < 1.29 is 9.59 Å². The minimum absolute atomic E-state index is 0.0599. The van der Waals surface area contributed by atoms with Crippen LogP contribution in [-0.2, 0) is 16.1 Å². The van der Waals surface area contributed by atoms with Crippen LogP contribution < -0.4 is 5.32 Å². The van der Waals surface area contributed by atoms with Gasteiger partial charge in [0.25, 0.3) is 0 Å². The van der Waals surface area contributed by atoms with Gasteiger partial charge in [0.2, 0.25) is 11.8 Å². The molecule has 2 amide bonds. The molecule has 1 saturated heterocycles. The lowest BCUT2D eigenvalue weighted by Gasteiger charge is -2.45. The van der Waals surface area contributed by atoms with E-state index in [9.17, 15) is 9.59 Å². The van der Waals surface area contributed by atoms with Gasteiger partial charge in [0.05, 0.1) is 12.2 Å². The molecule has 21 heavy (non-hydrogen) atoms. The van der Waals surface area contributed by atoms with E-state index in [1.165, 1.54) is 0 Å². The van der Waals surface area contributed by atoms with Gasteiger partial charge < -0.3 is 10.2 Å². The largest absolute Gasteiger partial charge is 0.343 e. The molecule has 1 N–H and O–H groups in total. The molecule has 2 aromatic rings. The lowest BCUT2D eigenvalue weighted by Crippen LogP contribution is -2.68. The van der Waals surface area contributed by atoms with Gasteiger partial charge in [-0.1, -0.05) is 6.92 Å². The average molecular weight is 306 g/mol. The summed E-state index contributed by atoms with van der Waals surface area (Å²) in [5.74, 6) is -0.159. The van der Waals surface area contributed by atoms with E-state index in [1.807, 2.05) is 36.0 Å². The van der Waals surface area contributed by atoms with Crippen molar-refractivity contribution in [2.45, 2.75) is 45.3 Å². The summed E-state index contributed by atoms with van der Waals surface area (Å²) in [4.78, 5) is 31.8. The first kappa shape index (κ1) is 14.1. The maximum absolute atomic E-state index is 12.5. The summed E-state index contributed by atoms with van der Waals surface area (Å²) < 4.78 is 1.93. The topological polar surface area (TPSA) is 66.7 Å². The van der Waals surface area contributed by atoms with Crippen LogP contribution in [0, 0.1) is 0 Å². The summed E-state index contributed by atoms with van der Waals surface area (Å²) in [7, 11) is 0. The molecule has 1 fully saturated rings. The Morgan fingerprint density at radius 3 is 2.90 bits per heavy atom. The normalized spacial score (nSPS) is 26.4. The second-order valence-corrected chi connectivity index (χ2v) is 6.45. The molecular weight excluding hydrogens is 288 g/mol. The lowest BCUT2D eigenvalue weighted by atomic mass is 9.90. The Morgan fingerprint density at radius 2 is 2.24 bits per heavy atom. The monoisotopic (exact) mass is 306 g/mol. The van der Waals surface area contributed by atoms with Gasteiger partial charge in [-0.05, 0) is 20.3 Å². The number of carbonyl (C=O) groups excluding carboxylic acids is 2. The minimum Gasteiger partial charge on any atom is -0.343 e. The number of fused-ring (bicyclic) bond motifs is 1. The van der Waals surface area contributed by atoms with Crippen LogP contribution in [0.1, 0.15) is 32.9 Å². The fraction of sp³-hybridized carbons (Fsp3) is 0.500. The number of aromatic nitrogens is 2. The maximum atomic E-state index is 12.5. The zero-order valence-electron chi connectivity index (χ0n) is 12.3. The van der Waals surface area contributed by atoms with Gasteiger partial charge in [0.1, 0.15) is 11.6 Å². The van der Waals surface area contributed by atoms with E-state index in [-0.39, 0.29) is 11.8 Å². The second kappa shape index (κ2) is 4.84. The van der Waals surface area contributed by atoms with Gasteiger partial charge >= 0.3 is 0 Å². The summed E-state index contributed by atoms with van der Waals surface area (Å²) in [5, 5.41) is 4.72. The summed E-state index contributed by atoms with van der Waals surface area (Å²) in [6.45, 7) is 5.80. The number of amides is 2. The van der Waals surface area contributed by atoms with Crippen LogP contribution in [0.3, 0.4) is 0 Å². The third-order valence-corrected chi connectivity index (χ3v) is 4.99. The molecule has 3 rings (SSSR count). The number of thiazole rings is 1. The van der Waals surface area contributed by atoms with E-state index in [0.29, 0.717) is 13.0 Å². The second-order valence-electron chi connectivity index (χ2n) is 5.57. The molecule has 3 heterocycles. The van der Waals surface area contributed by atoms with Gasteiger partial charge in [0, 0.05) is 17.8 Å². The number of carbonyl (C=O) groups is 2. The highest BCUT2D eigenvalue weighted by Crippen LogP contribution is 2.27. The average Bonchev–Trinajstić information content (AvgIpc) is 3.02. The molecule has 7 heteroatoms. The number of hydrogen-bond donors (Lipinski definition) is 1. The van der Waals surface area contributed by atoms with Crippen LogP contribution in [0.2, 0.25) is 0 Å². The standard InChI is InChI=1S/C14H18N4O2S/c1-4-14(3)12(20)15-9(2)11(19)18(14)8-10-7-17-5-6-21-13(17)16-10/h5-7,9H,4,8H2,1-3H3,(H,15,20). The van der Waals surface area contributed by atoms with Gasteiger partial charge in [-0.25, -0.2) is 4.98 Å². The zero-order valence-corrected chi connectivity index (χ0v) is 13.1. The molecule has 0 aliphatic carbocycles. The minimum atomic E-state index is -0.819. The summed E-state index contributed by atoms with van der Waals surface area (Å²) in [5.41, 5.74) is -0.0162. The number of rotatable bonds is 3. The molecule has 0 aromatic carbocycles. The van der Waals surface area contributed by atoms with Gasteiger partial charge in [-0.2, -0.15) is 0 Å². The van der Waals surface area contributed by atoms with Crippen molar-refractivity contribution in [3.63, 3.8) is 0 Å². The first-order valence-corrected chi connectivity index (χ1v) is 7.87. The van der Waals surface area contributed by atoms with Gasteiger partial charge in [-0.3, -0.25) is 14.0 Å². The number of hydrogen-bond acceptors (Lipinski definition) is 4. The highest BCUT2D eigenvalue weighted by atomic mass is 32.1. The third-order valence-electron chi connectivity index (χ3n) is 4.22. The molecule has 1 aliphatic rings. The highest BCUT2D eigenvalue weighted by Gasteiger charge is 2.47. The van der Waals surface area contributed by atoms with Crippen molar-refractivity contribution in [2.24, 2.45) is 0 Å². The van der Waals surface area contributed by atoms with Crippen molar-refractivity contribution in [2.75, 3.05) is 0 Å². The van der Waals surface area contributed by atoms with Gasteiger partial charge in [0.15, 0.2) is 4.96 Å². The Balaban J connectivity index is 1.94. The van der Waals surface area contributed by atoms with Crippen LogP contribution in [-0.4, -0.2) is 37.7 Å². The summed E-state index contributed by atoms with van der Waals surface area (Å²) >= 11 is 1.55. The molecule has 6 nitrogen and oxygen atoms in total. The number of piperazine rings is 1. The number of imidazole rings is 1. The Hall–Kier alpha value is -1.89. The van der Waals surface area contributed by atoms with Crippen LogP contribution in [0.25, 0.3) is 4.96 Å². The van der Waals surface area contributed by atoms with Crippen molar-refractivity contribution in [3.05, 3.63) is 23.5 Å². The Morgan fingerprint density at radius 1 is 1.48 bits per heavy atom. The van der Waals surface area contributed by atoms with Crippen LogP contribution in [0.15, 0.2) is 17.8 Å². The van der Waals surface area contributed by atoms with Crippen molar-refractivity contribution in [1.82, 2.24) is 19.6 Å². The Labute approximate surface area is 126 Å². The lowest BCUT2D eigenvalue weighted by molar-refractivity contribution is -0.157. The van der Waals surface area contributed by atoms with E-state index < -0.39 is 11.6 Å². The van der Waals surface area contributed by atoms with E-state index in [4.69, 9.17) is 0 Å². The molecule has 1 aliphatic heterocycles. The first-order chi connectivity index (χ1) is 9.95. The quantitative estimate of drug-likeness (QED) is 0.932. The predicted octanol–water partition coefficient (Wildman–Crippen LogP) is 1.41. The maximum Gasteiger partial charge on any atom is 0.246 e. The summed E-state index contributed by atoms with van der Waals surface area (Å²) in [6, 6.07) is -0.485. The van der Waals surface area contributed by atoms with E-state index in [2.05, 4.69) is 10.3 Å². The van der Waals surface area contributed by atoms with Crippen LogP contribution in [0.5, 0.6) is 0 Å². The van der Waals surface area contributed by atoms with E-state index >= 15 is 0 Å². The van der Waals surface area contributed by atoms with Crippen molar-refractivity contribution >= 4 is 28.1 Å². The van der Waals surface area contributed by atoms with Crippen molar-refractivity contribution in [3.8, 4) is 0 Å². The van der Waals surface area contributed by atoms with Gasteiger partial charge in [-0.15, -0.1) is 11.3 Å². The van der Waals surface area contributed by atoms with Crippen LogP contribution >= 0.6 is 11.3 Å². The highest BCUT2D eigenvalue weighted by molar-refractivity contribution is 7.15. The molecule has 0 spiro atoms.